The second kappa shape index (κ2) is 7.25. The van der Waals surface area contributed by atoms with E-state index in [4.69, 9.17) is 15.6 Å². The number of carboxylic acid groups (broad SMARTS) is 1. The molecule has 0 amide bonds. The fourth-order valence-corrected chi connectivity index (χ4v) is 2.91. The summed E-state index contributed by atoms with van der Waals surface area (Å²) in [6.07, 6.45) is 2.62. The molecule has 1 aliphatic heterocycles. The molecule has 0 unspecified atom stereocenters. The molecule has 0 spiro atoms. The summed E-state index contributed by atoms with van der Waals surface area (Å²) in [6.45, 7) is 1.22. The van der Waals surface area contributed by atoms with Crippen LogP contribution in [0.5, 0.6) is 5.75 Å². The van der Waals surface area contributed by atoms with Gasteiger partial charge in [0.15, 0.2) is 11.6 Å². The lowest BCUT2D eigenvalue weighted by Crippen LogP contribution is -2.37. The van der Waals surface area contributed by atoms with Gasteiger partial charge in [-0.25, -0.2) is 9.97 Å². The molecule has 0 saturated carbocycles. The maximum Gasteiger partial charge on any atom is 0.306 e. The Kier molecular flexibility index (Phi) is 4.87. The quantitative estimate of drug-likeness (QED) is 0.756. The van der Waals surface area contributed by atoms with Gasteiger partial charge in [-0.1, -0.05) is 6.07 Å². The van der Waals surface area contributed by atoms with Crippen LogP contribution in [0, 0.1) is 5.92 Å². The smallest absolute Gasteiger partial charge is 0.306 e. The number of aromatic nitrogens is 2. The largest absolute Gasteiger partial charge is 0.497 e. The zero-order valence-electron chi connectivity index (χ0n) is 14.0. The van der Waals surface area contributed by atoms with Crippen LogP contribution in [-0.2, 0) is 4.79 Å². The van der Waals surface area contributed by atoms with E-state index in [0.717, 1.165) is 11.4 Å². The number of ether oxygens (including phenoxy) is 1. The van der Waals surface area contributed by atoms with Crippen LogP contribution in [0.2, 0.25) is 0 Å². The highest BCUT2D eigenvalue weighted by molar-refractivity contribution is 5.79. The number of carbonyl (C=O) groups is 1. The highest BCUT2D eigenvalue weighted by atomic mass is 16.5. The third-order valence-electron chi connectivity index (χ3n) is 4.34. The predicted octanol–water partition coefficient (Wildman–Crippen LogP) is 2.11. The maximum atomic E-state index is 11.1. The number of hydrogen-bond acceptors (Lipinski definition) is 7. The molecule has 0 atom stereocenters. The summed E-state index contributed by atoms with van der Waals surface area (Å²) in [5, 5.41) is 12.3. The summed E-state index contributed by atoms with van der Waals surface area (Å²) < 4.78 is 5.21. The molecular formula is C17H21N5O3. The molecular weight excluding hydrogens is 322 g/mol. The first-order valence-electron chi connectivity index (χ1n) is 8.07. The van der Waals surface area contributed by atoms with E-state index in [1.165, 1.54) is 6.33 Å². The Morgan fingerprint density at radius 3 is 2.80 bits per heavy atom. The normalized spacial score (nSPS) is 15.0. The van der Waals surface area contributed by atoms with Crippen molar-refractivity contribution in [2.24, 2.45) is 5.92 Å². The first kappa shape index (κ1) is 16.8. The number of nitrogen functional groups attached to an aromatic ring is 1. The minimum absolute atomic E-state index is 0.298. The van der Waals surface area contributed by atoms with E-state index in [2.05, 4.69) is 15.3 Å². The first-order valence-corrected chi connectivity index (χ1v) is 8.07. The van der Waals surface area contributed by atoms with Crippen molar-refractivity contribution in [3.8, 4) is 5.75 Å². The fraction of sp³-hybridized carbons (Fsp3) is 0.353. The van der Waals surface area contributed by atoms with E-state index in [0.29, 0.717) is 43.3 Å². The molecule has 2 heterocycles. The van der Waals surface area contributed by atoms with Crippen LogP contribution in [0.3, 0.4) is 0 Å². The average Bonchev–Trinajstić information content (AvgIpc) is 2.64. The van der Waals surface area contributed by atoms with Gasteiger partial charge < -0.3 is 25.8 Å². The van der Waals surface area contributed by atoms with Crippen LogP contribution in [0.4, 0.5) is 23.0 Å². The Bertz CT molecular complexity index is 760. The van der Waals surface area contributed by atoms with Gasteiger partial charge in [0, 0.05) is 24.8 Å². The molecule has 3 rings (SSSR count). The highest BCUT2D eigenvalue weighted by Crippen LogP contribution is 2.31. The number of nitrogens with one attached hydrogen (secondary N) is 1. The Hall–Kier alpha value is -3.03. The number of methoxy groups -OCH3 is 1. The summed E-state index contributed by atoms with van der Waals surface area (Å²) >= 11 is 0. The van der Waals surface area contributed by atoms with E-state index < -0.39 is 5.97 Å². The van der Waals surface area contributed by atoms with Gasteiger partial charge in [-0.05, 0) is 25.0 Å². The van der Waals surface area contributed by atoms with Gasteiger partial charge >= 0.3 is 5.97 Å². The summed E-state index contributed by atoms with van der Waals surface area (Å²) in [5.41, 5.74) is 7.50. The molecule has 4 N–H and O–H groups in total. The van der Waals surface area contributed by atoms with Gasteiger partial charge in [0.1, 0.15) is 17.8 Å². The molecule has 1 aromatic heterocycles. The van der Waals surface area contributed by atoms with Gasteiger partial charge in [0.25, 0.3) is 0 Å². The van der Waals surface area contributed by atoms with Crippen LogP contribution in [0.25, 0.3) is 0 Å². The van der Waals surface area contributed by atoms with E-state index in [1.807, 2.05) is 29.2 Å². The summed E-state index contributed by atoms with van der Waals surface area (Å²) in [7, 11) is 1.61. The lowest BCUT2D eigenvalue weighted by molar-refractivity contribution is -0.142. The molecule has 0 radical (unpaired) electrons. The Morgan fingerprint density at radius 1 is 1.36 bits per heavy atom. The molecule has 1 fully saturated rings. The molecule has 1 aromatic carbocycles. The Morgan fingerprint density at radius 2 is 2.12 bits per heavy atom. The van der Waals surface area contributed by atoms with Crippen LogP contribution in [-0.4, -0.2) is 41.2 Å². The first-order chi connectivity index (χ1) is 12.1. The van der Waals surface area contributed by atoms with Crippen molar-refractivity contribution in [1.82, 2.24) is 9.97 Å². The summed E-state index contributed by atoms with van der Waals surface area (Å²) in [6, 6.07) is 7.46. The molecule has 1 saturated heterocycles. The number of rotatable bonds is 5. The van der Waals surface area contributed by atoms with E-state index in [9.17, 15) is 4.79 Å². The van der Waals surface area contributed by atoms with Crippen molar-refractivity contribution in [3.05, 3.63) is 30.6 Å². The van der Waals surface area contributed by atoms with Crippen LogP contribution < -0.4 is 20.7 Å². The molecule has 8 heteroatoms. The molecule has 132 valence electrons. The molecule has 8 nitrogen and oxygen atoms in total. The van der Waals surface area contributed by atoms with Crippen LogP contribution in [0.1, 0.15) is 12.8 Å². The highest BCUT2D eigenvalue weighted by Gasteiger charge is 2.26. The number of nitrogens with zero attached hydrogens (tertiary/aromatic N) is 3. The fourth-order valence-electron chi connectivity index (χ4n) is 2.91. The lowest BCUT2D eigenvalue weighted by atomic mass is 9.97. The topological polar surface area (TPSA) is 114 Å². The molecule has 1 aliphatic rings. The number of nitrogens with two attached hydrogens (primary N) is 1. The van der Waals surface area contributed by atoms with Crippen molar-refractivity contribution in [2.45, 2.75) is 12.8 Å². The number of hydrogen-bond donors (Lipinski definition) is 3. The summed E-state index contributed by atoms with van der Waals surface area (Å²) in [5.74, 6) is 0.834. The molecule has 0 aliphatic carbocycles. The van der Waals surface area contributed by atoms with Gasteiger partial charge in [-0.15, -0.1) is 0 Å². The van der Waals surface area contributed by atoms with Gasteiger partial charge in [-0.2, -0.15) is 0 Å². The van der Waals surface area contributed by atoms with Crippen molar-refractivity contribution in [2.75, 3.05) is 36.1 Å². The van der Waals surface area contributed by atoms with E-state index in [1.54, 1.807) is 7.11 Å². The Balaban J connectivity index is 1.77. The van der Waals surface area contributed by atoms with E-state index in [-0.39, 0.29) is 5.92 Å². The second-order valence-electron chi connectivity index (χ2n) is 5.92. The predicted molar refractivity (Wildman–Crippen MR) is 95.3 cm³/mol. The van der Waals surface area contributed by atoms with Crippen molar-refractivity contribution in [3.63, 3.8) is 0 Å². The minimum atomic E-state index is -0.740. The zero-order chi connectivity index (χ0) is 17.8. The van der Waals surface area contributed by atoms with Gasteiger partial charge in [0.2, 0.25) is 0 Å². The molecule has 0 bridgehead atoms. The monoisotopic (exact) mass is 343 g/mol. The number of anilines is 4. The summed E-state index contributed by atoms with van der Waals surface area (Å²) in [4.78, 5) is 21.6. The average molecular weight is 343 g/mol. The maximum absolute atomic E-state index is 11.1. The third kappa shape index (κ3) is 3.73. The number of aliphatic carboxylic acids is 1. The zero-order valence-corrected chi connectivity index (χ0v) is 14.0. The second-order valence-corrected chi connectivity index (χ2v) is 5.92. The Labute approximate surface area is 145 Å². The number of carboxylic acids is 1. The SMILES string of the molecule is COc1cccc(Nc2ncnc(N3CCC(C(=O)O)CC3)c2N)c1. The minimum Gasteiger partial charge on any atom is -0.497 e. The number of benzene rings is 1. The number of piperidine rings is 1. The molecule has 25 heavy (non-hydrogen) atoms. The van der Waals surface area contributed by atoms with Crippen molar-refractivity contribution < 1.29 is 14.6 Å². The van der Waals surface area contributed by atoms with Gasteiger partial charge in [0.05, 0.1) is 13.0 Å². The van der Waals surface area contributed by atoms with Crippen molar-refractivity contribution in [1.29, 1.82) is 0 Å². The van der Waals surface area contributed by atoms with Crippen LogP contribution >= 0.6 is 0 Å². The standard InChI is InChI=1S/C17H21N5O3/c1-25-13-4-2-3-12(9-13)21-15-14(18)16(20-10-19-15)22-7-5-11(6-8-22)17(23)24/h2-4,9-11H,5-8,18H2,1H3,(H,23,24)(H,19,20,21). The van der Waals surface area contributed by atoms with Gasteiger partial charge in [-0.3, -0.25) is 4.79 Å². The molecule has 2 aromatic rings. The lowest BCUT2D eigenvalue weighted by Gasteiger charge is -2.31. The van der Waals surface area contributed by atoms with E-state index >= 15 is 0 Å². The third-order valence-corrected chi connectivity index (χ3v) is 4.34. The van der Waals surface area contributed by atoms with Crippen molar-refractivity contribution >= 4 is 29.0 Å². The van der Waals surface area contributed by atoms with Crippen LogP contribution in [0.15, 0.2) is 30.6 Å².